The van der Waals surface area contributed by atoms with E-state index in [9.17, 15) is 4.79 Å². The van der Waals surface area contributed by atoms with Gasteiger partial charge < -0.3 is 15.0 Å². The summed E-state index contributed by atoms with van der Waals surface area (Å²) in [7, 11) is 0. The topological polar surface area (TPSA) is 90.4 Å². The maximum atomic E-state index is 11.4. The van der Waals surface area contributed by atoms with E-state index in [1.165, 1.54) is 4.57 Å². The second-order valence-corrected chi connectivity index (χ2v) is 3.98. The first-order valence-corrected chi connectivity index (χ1v) is 5.34. The van der Waals surface area contributed by atoms with Crippen molar-refractivity contribution >= 4 is 17.9 Å². The third-order valence-corrected chi connectivity index (χ3v) is 2.82. The highest BCUT2D eigenvalue weighted by molar-refractivity contribution is 7.94. The van der Waals surface area contributed by atoms with Crippen molar-refractivity contribution in [2.75, 3.05) is 5.73 Å². The van der Waals surface area contributed by atoms with Crippen LogP contribution >= 0.6 is 12.0 Å². The van der Waals surface area contributed by atoms with Crippen molar-refractivity contribution in [3.05, 3.63) is 22.7 Å². The molecule has 1 fully saturated rings. The van der Waals surface area contributed by atoms with Gasteiger partial charge in [0.2, 0.25) is 0 Å². The molecule has 0 unspecified atom stereocenters. The summed E-state index contributed by atoms with van der Waals surface area (Å²) in [6.07, 6.45) is 2.60. The van der Waals surface area contributed by atoms with E-state index in [-0.39, 0.29) is 17.5 Å². The smallest absolute Gasteiger partial charge is 0.351 e. The fourth-order valence-electron chi connectivity index (χ4n) is 1.52. The van der Waals surface area contributed by atoms with Crippen molar-refractivity contribution in [1.29, 1.82) is 0 Å². The van der Waals surface area contributed by atoms with E-state index >= 15 is 0 Å². The first kappa shape index (κ1) is 10.5. The minimum Gasteiger partial charge on any atom is -0.383 e. The molecule has 6 nitrogen and oxygen atoms in total. The molecule has 15 heavy (non-hydrogen) atoms. The van der Waals surface area contributed by atoms with Gasteiger partial charge >= 0.3 is 5.69 Å². The Labute approximate surface area is 90.3 Å². The molecular weight excluding hydrogens is 218 g/mol. The van der Waals surface area contributed by atoms with Crippen molar-refractivity contribution in [2.24, 2.45) is 0 Å². The Morgan fingerprint density at radius 1 is 1.67 bits per heavy atom. The maximum Gasteiger partial charge on any atom is 0.351 e. The van der Waals surface area contributed by atoms with E-state index in [1.54, 1.807) is 12.3 Å². The largest absolute Gasteiger partial charge is 0.383 e. The van der Waals surface area contributed by atoms with E-state index in [4.69, 9.17) is 15.0 Å². The van der Waals surface area contributed by atoms with E-state index in [0.29, 0.717) is 24.9 Å². The van der Waals surface area contributed by atoms with Crippen molar-refractivity contribution in [3.63, 3.8) is 0 Å². The van der Waals surface area contributed by atoms with Gasteiger partial charge in [0.1, 0.15) is 17.5 Å². The third-order valence-electron chi connectivity index (χ3n) is 2.24. The Morgan fingerprint density at radius 3 is 3.07 bits per heavy atom. The van der Waals surface area contributed by atoms with E-state index in [2.05, 4.69) is 4.98 Å². The lowest BCUT2D eigenvalue weighted by Gasteiger charge is -2.13. The Morgan fingerprint density at radius 2 is 2.47 bits per heavy atom. The Hall–Kier alpha value is -1.05. The fraction of sp³-hybridized carbons (Fsp3) is 0.500. The summed E-state index contributed by atoms with van der Waals surface area (Å²) in [5, 5.41) is 0. The van der Waals surface area contributed by atoms with Crippen LogP contribution in [0.4, 0.5) is 5.82 Å². The third kappa shape index (κ3) is 2.14. The van der Waals surface area contributed by atoms with E-state index in [1.807, 2.05) is 0 Å². The lowest BCUT2D eigenvalue weighted by atomic mass is 10.3. The lowest BCUT2D eigenvalue weighted by molar-refractivity contribution is 0.0357. The van der Waals surface area contributed by atoms with Crippen molar-refractivity contribution < 1.29 is 9.29 Å². The maximum absolute atomic E-state index is 11.4. The molecule has 1 aromatic rings. The Balaban J connectivity index is 2.20. The summed E-state index contributed by atoms with van der Waals surface area (Å²) >= 11 is 0.657. The molecule has 0 aromatic carbocycles. The molecule has 0 aliphatic carbocycles. The number of ether oxygens (including phenoxy) is 1. The second kappa shape index (κ2) is 4.21. The van der Waals surface area contributed by atoms with Crippen LogP contribution in [0.15, 0.2) is 17.1 Å². The van der Waals surface area contributed by atoms with E-state index in [0.717, 1.165) is 0 Å². The van der Waals surface area contributed by atoms with Crippen LogP contribution in [0.2, 0.25) is 0 Å². The predicted molar refractivity (Wildman–Crippen MR) is 56.3 cm³/mol. The highest BCUT2D eigenvalue weighted by atomic mass is 32.2. The minimum absolute atomic E-state index is 0.197. The van der Waals surface area contributed by atoms with Gasteiger partial charge in [-0.3, -0.25) is 4.57 Å². The van der Waals surface area contributed by atoms with Gasteiger partial charge in [0.25, 0.3) is 0 Å². The van der Waals surface area contributed by atoms with Crippen molar-refractivity contribution in [1.82, 2.24) is 9.55 Å². The predicted octanol–water partition coefficient (Wildman–Crippen LogP) is 0.667. The lowest BCUT2D eigenvalue weighted by Crippen LogP contribution is -2.27. The molecule has 2 heterocycles. The first-order valence-electron chi connectivity index (χ1n) is 4.51. The summed E-state index contributed by atoms with van der Waals surface area (Å²) in [5.41, 5.74) is 4.68. The summed E-state index contributed by atoms with van der Waals surface area (Å²) in [5.74, 6) is 0.197. The first-order chi connectivity index (χ1) is 7.20. The summed E-state index contributed by atoms with van der Waals surface area (Å²) in [6, 6.07) is 1.55. The van der Waals surface area contributed by atoms with Gasteiger partial charge in [0, 0.05) is 18.2 Å². The number of anilines is 1. The molecule has 2 atom stereocenters. The zero-order chi connectivity index (χ0) is 10.8. The van der Waals surface area contributed by atoms with Gasteiger partial charge in [0.05, 0.1) is 0 Å². The molecule has 1 aliphatic heterocycles. The van der Waals surface area contributed by atoms with Gasteiger partial charge in [-0.25, -0.2) is 4.79 Å². The van der Waals surface area contributed by atoms with Gasteiger partial charge in [-0.2, -0.15) is 4.98 Å². The number of nitrogen functional groups attached to an aromatic ring is 1. The minimum atomic E-state index is -0.427. The van der Waals surface area contributed by atoms with Crippen LogP contribution < -0.4 is 11.4 Å². The molecule has 0 bridgehead atoms. The highest BCUT2D eigenvalue weighted by Crippen LogP contribution is 2.31. The standard InChI is InChI=1S/C8H11N3O3S/c9-5-3-4-11(8(12)10-5)6-1-2-7(14-6)15-13/h3-4,6-7,13H,1-2H2,(H2,9,10,12)/t6-,7-/m1/s1. The zero-order valence-electron chi connectivity index (χ0n) is 7.87. The van der Waals surface area contributed by atoms with Crippen molar-refractivity contribution in [2.45, 2.75) is 24.5 Å². The molecule has 0 saturated carbocycles. The molecule has 3 N–H and O–H groups in total. The molecule has 0 radical (unpaired) electrons. The monoisotopic (exact) mass is 229 g/mol. The van der Waals surface area contributed by atoms with Gasteiger partial charge in [-0.05, 0) is 18.9 Å². The number of rotatable bonds is 2. The molecule has 82 valence electrons. The van der Waals surface area contributed by atoms with Crippen LogP contribution in [-0.2, 0) is 4.74 Å². The number of hydrogen-bond acceptors (Lipinski definition) is 6. The summed E-state index contributed by atoms with van der Waals surface area (Å²) in [6.45, 7) is 0. The van der Waals surface area contributed by atoms with Crippen molar-refractivity contribution in [3.8, 4) is 0 Å². The van der Waals surface area contributed by atoms with Gasteiger partial charge in [-0.1, -0.05) is 0 Å². The molecule has 1 saturated heterocycles. The van der Waals surface area contributed by atoms with Gasteiger partial charge in [-0.15, -0.1) is 0 Å². The number of nitrogens with two attached hydrogens (primary N) is 1. The van der Waals surface area contributed by atoms with Crippen LogP contribution in [0.3, 0.4) is 0 Å². The molecule has 7 heteroatoms. The molecule has 0 amide bonds. The number of aromatic nitrogens is 2. The molecule has 0 spiro atoms. The van der Waals surface area contributed by atoms with Crippen LogP contribution in [-0.4, -0.2) is 19.5 Å². The molecule has 1 aromatic heterocycles. The second-order valence-electron chi connectivity index (χ2n) is 3.25. The quantitative estimate of drug-likeness (QED) is 0.724. The summed E-state index contributed by atoms with van der Waals surface area (Å²) in [4.78, 5) is 15.0. The Bertz CT molecular complexity index is 408. The fourth-order valence-corrected chi connectivity index (χ4v) is 1.94. The normalized spacial score (nSPS) is 25.7. The molecule has 2 rings (SSSR count). The van der Waals surface area contributed by atoms with Crippen LogP contribution in [0.5, 0.6) is 0 Å². The Kier molecular flexibility index (Phi) is 2.94. The van der Waals surface area contributed by atoms with E-state index < -0.39 is 5.69 Å². The highest BCUT2D eigenvalue weighted by Gasteiger charge is 2.27. The number of hydrogen-bond donors (Lipinski definition) is 2. The zero-order valence-corrected chi connectivity index (χ0v) is 8.68. The molecule has 1 aliphatic rings. The average molecular weight is 229 g/mol. The SMILES string of the molecule is Nc1ccn([C@H]2CC[C@@H](SO)O2)c(=O)n1. The van der Waals surface area contributed by atoms with Crippen LogP contribution in [0, 0.1) is 0 Å². The molecular formula is C8H11N3O3S. The van der Waals surface area contributed by atoms with Gasteiger partial charge in [0.15, 0.2) is 0 Å². The average Bonchev–Trinajstić information content (AvgIpc) is 2.66. The number of nitrogens with zero attached hydrogens (tertiary/aromatic N) is 2. The van der Waals surface area contributed by atoms with Crippen LogP contribution in [0.25, 0.3) is 0 Å². The summed E-state index contributed by atoms with van der Waals surface area (Å²) < 4.78 is 15.6. The van der Waals surface area contributed by atoms with Crippen LogP contribution in [0.1, 0.15) is 19.1 Å².